The van der Waals surface area contributed by atoms with E-state index in [2.05, 4.69) is 0 Å². The number of fused-ring (bicyclic) bond motifs is 2. The lowest BCUT2D eigenvalue weighted by Gasteiger charge is -2.30. The molecular weight excluding hydrogens is 458 g/mol. The molecule has 0 saturated carbocycles. The number of benzene rings is 2. The second-order valence-corrected chi connectivity index (χ2v) is 11.1. The maximum absolute atomic E-state index is 13.7. The first kappa shape index (κ1) is 22.3. The summed E-state index contributed by atoms with van der Waals surface area (Å²) < 4.78 is 35.2. The van der Waals surface area contributed by atoms with Gasteiger partial charge in [-0.15, -0.1) is 0 Å². The summed E-state index contributed by atoms with van der Waals surface area (Å²) in [6.07, 6.45) is 0.282. The third kappa shape index (κ3) is 3.42. The second kappa shape index (κ2) is 7.80. The van der Waals surface area contributed by atoms with Crippen LogP contribution in [0.25, 0.3) is 11.0 Å². The van der Waals surface area contributed by atoms with E-state index >= 15 is 0 Å². The number of amides is 1. The van der Waals surface area contributed by atoms with Gasteiger partial charge in [0.1, 0.15) is 5.58 Å². The van der Waals surface area contributed by atoms with Crippen molar-refractivity contribution in [2.45, 2.75) is 32.4 Å². The minimum atomic E-state index is -3.29. The van der Waals surface area contributed by atoms with Gasteiger partial charge in [0.2, 0.25) is 5.76 Å². The van der Waals surface area contributed by atoms with Crippen LogP contribution in [0.3, 0.4) is 0 Å². The zero-order valence-electron chi connectivity index (χ0n) is 19.0. The normalized spacial score (nSPS) is 21.1. The van der Waals surface area contributed by atoms with Crippen LogP contribution >= 0.6 is 0 Å². The van der Waals surface area contributed by atoms with Gasteiger partial charge in [-0.3, -0.25) is 9.59 Å². The molecule has 176 valence electrons. The van der Waals surface area contributed by atoms with Gasteiger partial charge in [0.25, 0.3) is 5.91 Å². The van der Waals surface area contributed by atoms with Crippen LogP contribution in [0, 0.1) is 13.8 Å². The summed E-state index contributed by atoms with van der Waals surface area (Å²) >= 11 is 0. The van der Waals surface area contributed by atoms with E-state index in [0.717, 1.165) is 11.1 Å². The molecule has 1 fully saturated rings. The number of methoxy groups -OCH3 is 1. The highest BCUT2D eigenvalue weighted by Gasteiger charge is 2.48. The molecule has 2 atom stereocenters. The Morgan fingerprint density at radius 1 is 1.09 bits per heavy atom. The van der Waals surface area contributed by atoms with Gasteiger partial charge in [0.15, 0.2) is 15.3 Å². The van der Waals surface area contributed by atoms with Crippen LogP contribution in [0.2, 0.25) is 0 Å². The van der Waals surface area contributed by atoms with E-state index in [0.29, 0.717) is 22.1 Å². The summed E-state index contributed by atoms with van der Waals surface area (Å²) in [5, 5.41) is 0.367. The van der Waals surface area contributed by atoms with Crippen LogP contribution in [-0.4, -0.2) is 49.9 Å². The Kier molecular flexibility index (Phi) is 5.12. The predicted molar refractivity (Wildman–Crippen MR) is 125 cm³/mol. The van der Waals surface area contributed by atoms with Crippen molar-refractivity contribution in [3.63, 3.8) is 0 Å². The standard InChI is InChI=1S/C25H23NO7S/c1-13-10-18-19(11-14(13)2)33-23-20(22(18)27)21(15-4-6-16(7-5-15)25(29)32-3)26(24(23)28)17-8-9-34(30,31)12-17/h4-7,10-11,17,21H,8-9,12H2,1-3H3. The number of nitrogens with zero attached hydrogens (tertiary/aromatic N) is 1. The topological polar surface area (TPSA) is 111 Å². The molecular formula is C25H23NO7S. The SMILES string of the molecule is COC(=O)c1ccc(C2c3c(oc4cc(C)c(C)cc4c3=O)C(=O)N2C2CCS(=O)(=O)C2)cc1. The quantitative estimate of drug-likeness (QED) is 0.529. The number of hydrogen-bond donors (Lipinski definition) is 0. The molecule has 2 unspecified atom stereocenters. The number of rotatable bonds is 3. The van der Waals surface area contributed by atoms with Gasteiger partial charge in [0, 0.05) is 6.04 Å². The Bertz CT molecular complexity index is 1520. The number of aryl methyl sites for hydroxylation is 2. The Morgan fingerprint density at radius 3 is 2.38 bits per heavy atom. The first-order chi connectivity index (χ1) is 16.1. The summed E-state index contributed by atoms with van der Waals surface area (Å²) in [6.45, 7) is 3.79. The fourth-order valence-electron chi connectivity index (χ4n) is 4.86. The number of esters is 1. The van der Waals surface area contributed by atoms with Crippen molar-refractivity contribution < 1.29 is 27.2 Å². The third-order valence-electron chi connectivity index (χ3n) is 6.77. The zero-order valence-corrected chi connectivity index (χ0v) is 19.8. The maximum atomic E-state index is 13.7. The maximum Gasteiger partial charge on any atom is 0.337 e. The van der Waals surface area contributed by atoms with Gasteiger partial charge in [-0.05, 0) is 61.2 Å². The smallest absolute Gasteiger partial charge is 0.337 e. The van der Waals surface area contributed by atoms with Gasteiger partial charge in [-0.1, -0.05) is 12.1 Å². The molecule has 5 rings (SSSR count). The van der Waals surface area contributed by atoms with Crippen molar-refractivity contribution in [1.29, 1.82) is 0 Å². The van der Waals surface area contributed by atoms with Gasteiger partial charge in [-0.2, -0.15) is 0 Å². The van der Waals surface area contributed by atoms with Crippen LogP contribution in [0.15, 0.2) is 45.6 Å². The summed E-state index contributed by atoms with van der Waals surface area (Å²) in [6, 6.07) is 8.50. The third-order valence-corrected chi connectivity index (χ3v) is 8.52. The lowest BCUT2D eigenvalue weighted by molar-refractivity contribution is 0.0598. The summed E-state index contributed by atoms with van der Waals surface area (Å²) in [4.78, 5) is 40.6. The molecule has 1 amide bonds. The molecule has 1 saturated heterocycles. The molecule has 0 radical (unpaired) electrons. The number of ether oxygens (including phenoxy) is 1. The molecule has 9 heteroatoms. The Labute approximate surface area is 196 Å². The minimum Gasteiger partial charge on any atom is -0.465 e. The first-order valence-corrected chi connectivity index (χ1v) is 12.7. The minimum absolute atomic E-state index is 0.0203. The summed E-state index contributed by atoms with van der Waals surface area (Å²) in [5.74, 6) is -1.27. The van der Waals surface area contributed by atoms with Crippen molar-refractivity contribution in [2.75, 3.05) is 18.6 Å². The van der Waals surface area contributed by atoms with E-state index in [1.807, 2.05) is 13.8 Å². The van der Waals surface area contributed by atoms with E-state index in [1.165, 1.54) is 12.0 Å². The predicted octanol–water partition coefficient (Wildman–Crippen LogP) is 2.93. The molecule has 0 bridgehead atoms. The van der Waals surface area contributed by atoms with Crippen molar-refractivity contribution in [3.05, 3.63) is 80.2 Å². The Balaban J connectivity index is 1.73. The van der Waals surface area contributed by atoms with E-state index in [1.54, 1.807) is 36.4 Å². The van der Waals surface area contributed by atoms with Crippen LogP contribution in [-0.2, 0) is 14.6 Å². The van der Waals surface area contributed by atoms with Gasteiger partial charge in [-0.25, -0.2) is 13.2 Å². The number of carbonyl (C=O) groups excluding carboxylic acids is 2. The molecule has 34 heavy (non-hydrogen) atoms. The molecule has 2 aromatic carbocycles. The molecule has 3 aromatic rings. The summed E-state index contributed by atoms with van der Waals surface area (Å²) in [5.41, 5.74) is 2.94. The average molecular weight is 482 g/mol. The molecule has 0 spiro atoms. The molecule has 2 aliphatic rings. The fraction of sp³-hybridized carbons (Fsp3) is 0.320. The van der Waals surface area contributed by atoms with E-state index in [-0.39, 0.29) is 34.7 Å². The van der Waals surface area contributed by atoms with E-state index in [9.17, 15) is 22.8 Å². The van der Waals surface area contributed by atoms with Gasteiger partial charge in [0.05, 0.1) is 41.2 Å². The summed E-state index contributed by atoms with van der Waals surface area (Å²) in [7, 11) is -2.01. The molecule has 0 N–H and O–H groups in total. The molecule has 8 nitrogen and oxygen atoms in total. The largest absolute Gasteiger partial charge is 0.465 e. The second-order valence-electron chi connectivity index (χ2n) is 8.89. The van der Waals surface area contributed by atoms with Crippen LogP contribution in [0.1, 0.15) is 55.6 Å². The lowest BCUT2D eigenvalue weighted by Crippen LogP contribution is -2.40. The highest BCUT2D eigenvalue weighted by molar-refractivity contribution is 7.91. The highest BCUT2D eigenvalue weighted by atomic mass is 32.2. The van der Waals surface area contributed by atoms with E-state index < -0.39 is 33.8 Å². The van der Waals surface area contributed by atoms with Crippen LogP contribution in [0.4, 0.5) is 0 Å². The first-order valence-electron chi connectivity index (χ1n) is 10.9. The fourth-order valence-corrected chi connectivity index (χ4v) is 6.57. The number of hydrogen-bond acceptors (Lipinski definition) is 7. The van der Waals surface area contributed by atoms with Gasteiger partial charge < -0.3 is 14.1 Å². The van der Waals surface area contributed by atoms with Crippen molar-refractivity contribution in [1.82, 2.24) is 4.90 Å². The number of sulfone groups is 1. The van der Waals surface area contributed by atoms with Crippen molar-refractivity contribution in [3.8, 4) is 0 Å². The molecule has 0 aliphatic carbocycles. The van der Waals surface area contributed by atoms with Crippen molar-refractivity contribution >= 4 is 32.7 Å². The van der Waals surface area contributed by atoms with Crippen LogP contribution < -0.4 is 5.43 Å². The Morgan fingerprint density at radius 2 is 1.76 bits per heavy atom. The molecule has 1 aromatic heterocycles. The average Bonchev–Trinajstić information content (AvgIpc) is 3.31. The van der Waals surface area contributed by atoms with Crippen LogP contribution in [0.5, 0.6) is 0 Å². The highest BCUT2D eigenvalue weighted by Crippen LogP contribution is 2.41. The molecule has 3 heterocycles. The molecule has 2 aliphatic heterocycles. The monoisotopic (exact) mass is 481 g/mol. The lowest BCUT2D eigenvalue weighted by atomic mass is 9.96. The Hall–Kier alpha value is -3.46. The van der Waals surface area contributed by atoms with E-state index in [4.69, 9.17) is 9.15 Å². The van der Waals surface area contributed by atoms with Gasteiger partial charge >= 0.3 is 5.97 Å². The van der Waals surface area contributed by atoms with Crippen molar-refractivity contribution in [2.24, 2.45) is 0 Å². The zero-order chi connectivity index (χ0) is 24.4. The number of carbonyl (C=O) groups is 2.